The summed E-state index contributed by atoms with van der Waals surface area (Å²) in [5.41, 5.74) is 1.47. The zero-order valence-electron chi connectivity index (χ0n) is 19.8. The van der Waals surface area contributed by atoms with Crippen LogP contribution in [0.4, 0.5) is 0 Å². The Morgan fingerprint density at radius 3 is 2.33 bits per heavy atom. The SMILES string of the molecule is CCCCCCCCCCC[C@@H](O)C1=C[C@@]2(C[C@H]3C[C@H](C(C)C)[C@@H]2C=C3C)OC1=O. The van der Waals surface area contributed by atoms with Gasteiger partial charge in [0, 0.05) is 5.92 Å². The third-order valence-corrected chi connectivity index (χ3v) is 7.95. The van der Waals surface area contributed by atoms with Crippen molar-refractivity contribution < 1.29 is 14.6 Å². The quantitative estimate of drug-likeness (QED) is 0.217. The van der Waals surface area contributed by atoms with Gasteiger partial charge >= 0.3 is 5.97 Å². The fourth-order valence-corrected chi connectivity index (χ4v) is 6.04. The first kappa shape index (κ1) is 23.6. The Balaban J connectivity index is 1.51. The van der Waals surface area contributed by atoms with Gasteiger partial charge in [-0.1, -0.05) is 90.2 Å². The van der Waals surface area contributed by atoms with E-state index in [9.17, 15) is 9.90 Å². The molecule has 1 saturated carbocycles. The van der Waals surface area contributed by atoms with Crippen molar-refractivity contribution >= 4 is 5.97 Å². The summed E-state index contributed by atoms with van der Waals surface area (Å²) >= 11 is 0. The number of aliphatic hydroxyl groups is 1. The van der Waals surface area contributed by atoms with Crippen LogP contribution in [0.1, 0.15) is 105 Å². The molecule has 30 heavy (non-hydrogen) atoms. The van der Waals surface area contributed by atoms with E-state index in [1.807, 2.05) is 6.08 Å². The largest absolute Gasteiger partial charge is 0.451 e. The lowest BCUT2D eigenvalue weighted by molar-refractivity contribution is -0.158. The highest BCUT2D eigenvalue weighted by Crippen LogP contribution is 2.56. The summed E-state index contributed by atoms with van der Waals surface area (Å²) < 4.78 is 6.04. The van der Waals surface area contributed by atoms with Gasteiger partial charge in [-0.05, 0) is 50.0 Å². The van der Waals surface area contributed by atoms with Crippen LogP contribution in [0.15, 0.2) is 23.3 Å². The molecule has 0 aromatic heterocycles. The molecule has 170 valence electrons. The molecule has 5 atom stereocenters. The van der Waals surface area contributed by atoms with Crippen LogP contribution in [0.25, 0.3) is 0 Å². The number of esters is 1. The maximum absolute atomic E-state index is 12.7. The van der Waals surface area contributed by atoms with Gasteiger partial charge in [0.05, 0.1) is 11.7 Å². The van der Waals surface area contributed by atoms with E-state index in [4.69, 9.17) is 4.74 Å². The molecule has 4 rings (SSSR count). The minimum Gasteiger partial charge on any atom is -0.451 e. The molecule has 0 aromatic carbocycles. The van der Waals surface area contributed by atoms with Crippen LogP contribution in [-0.4, -0.2) is 22.8 Å². The number of hydrogen-bond donors (Lipinski definition) is 1. The normalized spacial score (nSPS) is 31.3. The Hall–Kier alpha value is -1.09. The fraction of sp³-hybridized carbons (Fsp3) is 0.815. The third-order valence-electron chi connectivity index (χ3n) is 7.95. The number of rotatable bonds is 12. The van der Waals surface area contributed by atoms with Crippen molar-refractivity contribution in [1.29, 1.82) is 0 Å². The predicted molar refractivity (Wildman–Crippen MR) is 123 cm³/mol. The van der Waals surface area contributed by atoms with E-state index in [-0.39, 0.29) is 11.9 Å². The van der Waals surface area contributed by atoms with Crippen molar-refractivity contribution in [2.24, 2.45) is 23.7 Å². The molecule has 1 spiro atoms. The second-order valence-corrected chi connectivity index (χ2v) is 10.6. The maximum atomic E-state index is 12.7. The van der Waals surface area contributed by atoms with Crippen molar-refractivity contribution in [3.8, 4) is 0 Å². The number of allylic oxidation sites excluding steroid dienone is 1. The molecule has 3 aliphatic carbocycles. The van der Waals surface area contributed by atoms with Crippen molar-refractivity contribution in [2.75, 3.05) is 0 Å². The van der Waals surface area contributed by atoms with Crippen molar-refractivity contribution in [3.05, 3.63) is 23.3 Å². The first-order chi connectivity index (χ1) is 14.4. The van der Waals surface area contributed by atoms with Crippen LogP contribution in [0.5, 0.6) is 0 Å². The Kier molecular flexibility index (Phi) is 8.24. The Labute approximate surface area is 184 Å². The fourth-order valence-electron chi connectivity index (χ4n) is 6.04. The Bertz CT molecular complexity index is 646. The second kappa shape index (κ2) is 10.5. The number of carbonyl (C=O) groups excluding carboxylic acids is 1. The third kappa shape index (κ3) is 5.21. The van der Waals surface area contributed by atoms with E-state index >= 15 is 0 Å². The van der Waals surface area contributed by atoms with E-state index in [0.29, 0.717) is 29.7 Å². The van der Waals surface area contributed by atoms with Crippen molar-refractivity contribution in [3.63, 3.8) is 0 Å². The molecule has 0 saturated heterocycles. The van der Waals surface area contributed by atoms with Crippen LogP contribution in [-0.2, 0) is 9.53 Å². The molecule has 1 heterocycles. The molecule has 0 amide bonds. The van der Waals surface area contributed by atoms with Gasteiger partial charge < -0.3 is 9.84 Å². The van der Waals surface area contributed by atoms with Crippen LogP contribution < -0.4 is 0 Å². The molecular formula is C27H44O3. The van der Waals surface area contributed by atoms with E-state index in [0.717, 1.165) is 19.3 Å². The number of unbranched alkanes of at least 4 members (excludes halogenated alkanes) is 8. The van der Waals surface area contributed by atoms with Gasteiger partial charge in [-0.25, -0.2) is 4.79 Å². The van der Waals surface area contributed by atoms with Gasteiger partial charge in [0.1, 0.15) is 5.60 Å². The smallest absolute Gasteiger partial charge is 0.337 e. The molecule has 3 nitrogen and oxygen atoms in total. The molecule has 3 heteroatoms. The van der Waals surface area contributed by atoms with Gasteiger partial charge in [-0.3, -0.25) is 0 Å². The standard InChI is InChI=1S/C27H44O3/c1-5-6-7-8-9-10-11-12-13-14-25(28)23-18-27(30-26(23)29)17-21-16-22(19(2)3)24(27)15-20(21)4/h15,18-19,21-22,24-25,28H,5-14,16-17H2,1-4H3/t21-,22-,24+,25-,27-/m1/s1. The van der Waals surface area contributed by atoms with Gasteiger partial charge in [-0.15, -0.1) is 0 Å². The summed E-state index contributed by atoms with van der Waals surface area (Å²) in [7, 11) is 0. The highest BCUT2D eigenvalue weighted by Gasteiger charge is 2.56. The average Bonchev–Trinajstić information content (AvgIpc) is 3.03. The molecule has 0 unspecified atom stereocenters. The number of ether oxygens (including phenoxy) is 1. The highest BCUT2D eigenvalue weighted by atomic mass is 16.6. The number of carbonyl (C=O) groups is 1. The topological polar surface area (TPSA) is 46.5 Å². The first-order valence-electron chi connectivity index (χ1n) is 12.7. The van der Waals surface area contributed by atoms with E-state index < -0.39 is 11.7 Å². The molecule has 1 fully saturated rings. The summed E-state index contributed by atoms with van der Waals surface area (Å²) in [6.07, 6.45) is 17.8. The molecule has 1 aliphatic heterocycles. The lowest BCUT2D eigenvalue weighted by Crippen LogP contribution is -2.51. The summed E-state index contributed by atoms with van der Waals surface area (Å²) in [5.74, 6) is 1.59. The molecular weight excluding hydrogens is 372 g/mol. The number of fused-ring (bicyclic) bond motifs is 1. The minimum atomic E-state index is -0.676. The molecule has 4 aliphatic rings. The summed E-state index contributed by atoms with van der Waals surface area (Å²) in [6.45, 7) is 9.04. The molecule has 2 bridgehead atoms. The van der Waals surface area contributed by atoms with Gasteiger partial charge in [0.25, 0.3) is 0 Å². The van der Waals surface area contributed by atoms with Gasteiger partial charge in [0.2, 0.25) is 0 Å². The Morgan fingerprint density at radius 1 is 1.10 bits per heavy atom. The second-order valence-electron chi connectivity index (χ2n) is 10.6. The van der Waals surface area contributed by atoms with E-state index in [2.05, 4.69) is 33.8 Å². The van der Waals surface area contributed by atoms with Gasteiger partial charge in [-0.2, -0.15) is 0 Å². The zero-order chi connectivity index (χ0) is 21.7. The summed E-state index contributed by atoms with van der Waals surface area (Å²) in [4.78, 5) is 12.7. The number of aliphatic hydroxyl groups excluding tert-OH is 1. The zero-order valence-corrected chi connectivity index (χ0v) is 19.8. The minimum absolute atomic E-state index is 0.254. The first-order valence-corrected chi connectivity index (χ1v) is 12.7. The van der Waals surface area contributed by atoms with Crippen LogP contribution in [0.3, 0.4) is 0 Å². The van der Waals surface area contributed by atoms with Crippen molar-refractivity contribution in [2.45, 2.75) is 116 Å². The van der Waals surface area contributed by atoms with Gasteiger partial charge in [0.15, 0.2) is 0 Å². The van der Waals surface area contributed by atoms with Crippen LogP contribution in [0.2, 0.25) is 0 Å². The monoisotopic (exact) mass is 416 g/mol. The predicted octanol–water partition coefficient (Wildman–Crippen LogP) is 6.75. The average molecular weight is 417 g/mol. The number of hydrogen-bond acceptors (Lipinski definition) is 3. The summed E-state index contributed by atoms with van der Waals surface area (Å²) in [6, 6.07) is 0. The van der Waals surface area contributed by atoms with Crippen LogP contribution >= 0.6 is 0 Å². The lowest BCUT2D eigenvalue weighted by atomic mass is 9.56. The van der Waals surface area contributed by atoms with Crippen LogP contribution in [0, 0.1) is 23.7 Å². The summed E-state index contributed by atoms with van der Waals surface area (Å²) in [5, 5.41) is 10.7. The molecule has 0 radical (unpaired) electrons. The lowest BCUT2D eigenvalue weighted by Gasteiger charge is -2.51. The van der Waals surface area contributed by atoms with E-state index in [1.54, 1.807) is 0 Å². The van der Waals surface area contributed by atoms with E-state index in [1.165, 1.54) is 56.9 Å². The van der Waals surface area contributed by atoms with Crippen molar-refractivity contribution in [1.82, 2.24) is 0 Å². The Morgan fingerprint density at radius 2 is 1.73 bits per heavy atom. The molecule has 1 N–H and O–H groups in total. The highest BCUT2D eigenvalue weighted by molar-refractivity contribution is 5.92. The maximum Gasteiger partial charge on any atom is 0.337 e. The molecule has 0 aromatic rings.